The number of hydrogen-bond acceptors (Lipinski definition) is 4. The first-order valence-corrected chi connectivity index (χ1v) is 4.84. The van der Waals surface area contributed by atoms with Crippen LogP contribution in [0.1, 0.15) is 6.92 Å². The van der Waals surface area contributed by atoms with E-state index in [-0.39, 0.29) is 11.8 Å². The zero-order chi connectivity index (χ0) is 8.81. The van der Waals surface area contributed by atoms with Crippen molar-refractivity contribution in [2.75, 3.05) is 6.61 Å². The first-order valence-electron chi connectivity index (χ1n) is 3.69. The summed E-state index contributed by atoms with van der Waals surface area (Å²) in [6.07, 6.45) is 1.41. The predicted molar refractivity (Wildman–Crippen MR) is 50.1 cm³/mol. The molecule has 0 aromatic carbocycles. The van der Waals surface area contributed by atoms with E-state index in [1.54, 1.807) is 5.96 Å². The number of aliphatic imine (C=N–C) groups is 2. The van der Waals surface area contributed by atoms with Crippen molar-refractivity contribution in [1.82, 2.24) is 0 Å². The van der Waals surface area contributed by atoms with Crippen molar-refractivity contribution in [3.05, 3.63) is 0 Å². The summed E-state index contributed by atoms with van der Waals surface area (Å²) < 4.78 is 4.94. The third kappa shape index (κ3) is 2.28. The van der Waals surface area contributed by atoms with Crippen molar-refractivity contribution in [2.24, 2.45) is 9.98 Å². The van der Waals surface area contributed by atoms with E-state index in [1.807, 2.05) is 6.92 Å². The fourth-order valence-electron chi connectivity index (χ4n) is 0.784. The van der Waals surface area contributed by atoms with E-state index in [2.05, 4.69) is 16.1 Å². The van der Waals surface area contributed by atoms with E-state index in [4.69, 9.17) is 10.00 Å². The van der Waals surface area contributed by atoms with E-state index in [9.17, 15) is 0 Å². The molecule has 0 bridgehead atoms. The van der Waals surface area contributed by atoms with Gasteiger partial charge in [-0.05, 0) is 15.5 Å². The summed E-state index contributed by atoms with van der Waals surface area (Å²) in [7, 11) is 0.506. The van der Waals surface area contributed by atoms with Gasteiger partial charge in [0.15, 0.2) is 12.4 Å². The number of ether oxygens (including phenoxy) is 1. The topological polar surface area (TPSA) is 57.7 Å². The third-order valence-corrected chi connectivity index (χ3v) is 2.48. The normalized spacial score (nSPS) is 29.7. The molecule has 3 unspecified atom stereocenters. The lowest BCUT2D eigenvalue weighted by Gasteiger charge is -2.04. The zero-order valence-electron chi connectivity index (χ0n) is 6.77. The van der Waals surface area contributed by atoms with E-state index in [1.165, 1.54) is 6.40 Å². The third-order valence-electron chi connectivity index (χ3n) is 1.37. The molecule has 0 amide bonds. The lowest BCUT2D eigenvalue weighted by atomic mass is 10.3. The molecule has 64 valence electrons. The minimum atomic E-state index is -0.306. The van der Waals surface area contributed by atoms with E-state index >= 15 is 0 Å². The maximum Gasteiger partial charge on any atom is 0.170 e. The monoisotopic (exact) mass is 183 g/mol. The van der Waals surface area contributed by atoms with Crippen LogP contribution < -0.4 is 0 Å². The summed E-state index contributed by atoms with van der Waals surface area (Å²) in [6.45, 7) is 2.50. The second-order valence-corrected chi connectivity index (χ2v) is 3.36. The van der Waals surface area contributed by atoms with Crippen LogP contribution in [0.4, 0.5) is 0 Å². The Morgan fingerprint density at radius 1 is 1.92 bits per heavy atom. The summed E-state index contributed by atoms with van der Waals surface area (Å²) in [5.41, 5.74) is 0. The van der Waals surface area contributed by atoms with Crippen LogP contribution in [-0.4, -0.2) is 30.8 Å². The lowest BCUT2D eigenvalue weighted by molar-refractivity contribution is 0.341. The molecular formula is C7H10N3OP. The van der Waals surface area contributed by atoms with Gasteiger partial charge in [-0.25, -0.2) is 4.99 Å². The molecule has 4 nitrogen and oxygen atoms in total. The molecule has 0 aromatic heterocycles. The highest BCUT2D eigenvalue weighted by atomic mass is 31.1. The molecular weight excluding hydrogens is 173 g/mol. The number of nitrogens with zero attached hydrogens (tertiary/aromatic N) is 3. The van der Waals surface area contributed by atoms with Crippen LogP contribution in [0.15, 0.2) is 9.98 Å². The maximum absolute atomic E-state index is 8.62. The summed E-state index contributed by atoms with van der Waals surface area (Å²) in [5, 5.41) is 8.62. The Morgan fingerprint density at radius 2 is 2.75 bits per heavy atom. The Kier molecular flexibility index (Phi) is 3.69. The zero-order valence-corrected chi connectivity index (χ0v) is 7.77. The largest absolute Gasteiger partial charge is 0.484 e. The van der Waals surface area contributed by atoms with Crippen molar-refractivity contribution in [3.63, 3.8) is 0 Å². The molecule has 3 atom stereocenters. The van der Waals surface area contributed by atoms with E-state index in [0.29, 0.717) is 15.2 Å². The van der Waals surface area contributed by atoms with Crippen LogP contribution in [0, 0.1) is 11.3 Å². The molecule has 0 saturated carbocycles. The summed E-state index contributed by atoms with van der Waals surface area (Å²) in [6, 6.07) is 1.78. The Morgan fingerprint density at radius 3 is 3.42 bits per heavy atom. The molecule has 0 spiro atoms. The molecule has 12 heavy (non-hydrogen) atoms. The average molecular weight is 183 g/mol. The number of rotatable bonds is 3. The van der Waals surface area contributed by atoms with Gasteiger partial charge in [0.25, 0.3) is 0 Å². The van der Waals surface area contributed by atoms with Crippen LogP contribution in [0.3, 0.4) is 0 Å². The Hall–Kier alpha value is -0.940. The SMILES string of the molecule is CCOC=NC1PC=NC1C#N. The highest BCUT2D eigenvalue weighted by molar-refractivity contribution is 7.56. The molecule has 0 aliphatic carbocycles. The van der Waals surface area contributed by atoms with Gasteiger partial charge in [0.05, 0.1) is 12.7 Å². The molecule has 0 fully saturated rings. The second-order valence-electron chi connectivity index (χ2n) is 2.17. The van der Waals surface area contributed by atoms with Gasteiger partial charge in [-0.3, -0.25) is 4.99 Å². The molecule has 1 aliphatic rings. The van der Waals surface area contributed by atoms with Gasteiger partial charge >= 0.3 is 0 Å². The standard InChI is InChI=1S/C7H10N3OP/c1-2-11-4-9-7-6(3-8)10-5-12-7/h4-7,12H,2H2,1H3. The van der Waals surface area contributed by atoms with Crippen molar-refractivity contribution in [3.8, 4) is 6.07 Å². The number of nitriles is 1. The van der Waals surface area contributed by atoms with E-state index < -0.39 is 0 Å². The first kappa shape index (κ1) is 9.15. The Bertz CT molecular complexity index is 233. The Labute approximate surface area is 73.1 Å². The predicted octanol–water partition coefficient (Wildman–Crippen LogP) is 0.990. The second kappa shape index (κ2) is 4.84. The molecule has 0 N–H and O–H groups in total. The lowest BCUT2D eigenvalue weighted by Crippen LogP contribution is -2.12. The quantitative estimate of drug-likeness (QED) is 0.372. The maximum atomic E-state index is 8.62. The van der Waals surface area contributed by atoms with Crippen LogP contribution in [-0.2, 0) is 4.74 Å². The van der Waals surface area contributed by atoms with Crippen LogP contribution in [0.5, 0.6) is 0 Å². The van der Waals surface area contributed by atoms with Crippen LogP contribution in [0.25, 0.3) is 0 Å². The van der Waals surface area contributed by atoms with Gasteiger partial charge in [0.2, 0.25) is 0 Å². The van der Waals surface area contributed by atoms with Gasteiger partial charge in [0, 0.05) is 5.96 Å². The smallest absolute Gasteiger partial charge is 0.170 e. The van der Waals surface area contributed by atoms with Gasteiger partial charge in [0.1, 0.15) is 5.78 Å². The molecule has 0 radical (unpaired) electrons. The van der Waals surface area contributed by atoms with Gasteiger partial charge in [-0.1, -0.05) is 0 Å². The Balaban J connectivity index is 2.39. The minimum absolute atomic E-state index is 0.0125. The van der Waals surface area contributed by atoms with Crippen LogP contribution in [0.2, 0.25) is 0 Å². The summed E-state index contributed by atoms with van der Waals surface area (Å²) in [4.78, 5) is 8.05. The van der Waals surface area contributed by atoms with Crippen molar-refractivity contribution < 1.29 is 4.74 Å². The van der Waals surface area contributed by atoms with Crippen molar-refractivity contribution >= 4 is 20.9 Å². The van der Waals surface area contributed by atoms with Gasteiger partial charge in [-0.15, -0.1) is 0 Å². The summed E-state index contributed by atoms with van der Waals surface area (Å²) in [5.74, 6) is 1.75. The molecule has 1 aliphatic heterocycles. The van der Waals surface area contributed by atoms with Crippen LogP contribution >= 0.6 is 8.58 Å². The fraction of sp³-hybridized carbons (Fsp3) is 0.571. The molecule has 0 saturated heterocycles. The molecule has 0 aromatic rings. The van der Waals surface area contributed by atoms with Crippen molar-refractivity contribution in [1.29, 1.82) is 5.26 Å². The molecule has 5 heteroatoms. The minimum Gasteiger partial charge on any atom is -0.484 e. The van der Waals surface area contributed by atoms with E-state index in [0.717, 1.165) is 0 Å². The van der Waals surface area contributed by atoms with Crippen molar-refractivity contribution in [2.45, 2.75) is 18.7 Å². The van der Waals surface area contributed by atoms with Gasteiger partial charge in [-0.2, -0.15) is 5.26 Å². The summed E-state index contributed by atoms with van der Waals surface area (Å²) >= 11 is 0. The number of hydrogen-bond donors (Lipinski definition) is 0. The molecule has 1 rings (SSSR count). The highest BCUT2D eigenvalue weighted by Gasteiger charge is 2.22. The average Bonchev–Trinajstić information content (AvgIpc) is 2.52. The fourth-order valence-corrected chi connectivity index (χ4v) is 1.67. The highest BCUT2D eigenvalue weighted by Crippen LogP contribution is 2.28. The first-order chi connectivity index (χ1) is 5.88. The molecule has 1 heterocycles. The van der Waals surface area contributed by atoms with Gasteiger partial charge < -0.3 is 4.74 Å².